The molecule has 1 atom stereocenters. The van der Waals surface area contributed by atoms with E-state index in [0.29, 0.717) is 10.0 Å². The van der Waals surface area contributed by atoms with Gasteiger partial charge in [-0.25, -0.2) is 4.79 Å². The van der Waals surface area contributed by atoms with E-state index in [9.17, 15) is 9.90 Å². The number of aromatic carboxylic acids is 1. The first-order valence-electron chi connectivity index (χ1n) is 11.3. The molecule has 0 saturated carbocycles. The lowest BCUT2D eigenvalue weighted by Gasteiger charge is -2.13. The lowest BCUT2D eigenvalue weighted by molar-refractivity contribution is 0.0697. The molecule has 5 nitrogen and oxygen atoms in total. The molecular formula is C29H22Cl2N2O3. The van der Waals surface area contributed by atoms with Gasteiger partial charge in [-0.3, -0.25) is 4.68 Å². The Morgan fingerprint density at radius 3 is 2.22 bits per heavy atom. The normalized spacial score (nSPS) is 12.0. The average molecular weight is 517 g/mol. The molecule has 0 aliphatic rings. The monoisotopic (exact) mass is 516 g/mol. The number of benzene rings is 4. The second-order valence-electron chi connectivity index (χ2n) is 8.56. The van der Waals surface area contributed by atoms with Gasteiger partial charge >= 0.3 is 5.97 Å². The predicted molar refractivity (Wildman–Crippen MR) is 144 cm³/mol. The van der Waals surface area contributed by atoms with E-state index >= 15 is 0 Å². The zero-order chi connectivity index (χ0) is 25.4. The summed E-state index contributed by atoms with van der Waals surface area (Å²) in [5.41, 5.74) is 4.67. The van der Waals surface area contributed by atoms with Crippen LogP contribution in [-0.4, -0.2) is 28.0 Å². The summed E-state index contributed by atoms with van der Waals surface area (Å²) in [6.07, 6.45) is 2.00. The van der Waals surface area contributed by atoms with Crippen LogP contribution in [0.25, 0.3) is 33.2 Å². The van der Waals surface area contributed by atoms with Crippen LogP contribution in [0.2, 0.25) is 10.0 Å². The lowest BCUT2D eigenvalue weighted by Crippen LogP contribution is -2.08. The quantitative estimate of drug-likeness (QED) is 0.248. The summed E-state index contributed by atoms with van der Waals surface area (Å²) in [5.74, 6) is -0.148. The first kappa shape index (κ1) is 23.9. The summed E-state index contributed by atoms with van der Waals surface area (Å²) in [6, 6.07) is 24.3. The van der Waals surface area contributed by atoms with Crippen LogP contribution >= 0.6 is 23.2 Å². The maximum absolute atomic E-state index is 11.3. The van der Waals surface area contributed by atoms with Crippen LogP contribution in [0.1, 0.15) is 28.9 Å². The van der Waals surface area contributed by atoms with Gasteiger partial charge in [-0.05, 0) is 77.4 Å². The first-order valence-corrected chi connectivity index (χ1v) is 12.0. The van der Waals surface area contributed by atoms with Gasteiger partial charge in [-0.1, -0.05) is 53.5 Å². The molecule has 5 aromatic rings. The third kappa shape index (κ3) is 4.68. The smallest absolute Gasteiger partial charge is 0.335 e. The molecule has 36 heavy (non-hydrogen) atoms. The molecule has 0 spiro atoms. The summed E-state index contributed by atoms with van der Waals surface area (Å²) in [5, 5.41) is 17.4. The van der Waals surface area contributed by atoms with Gasteiger partial charge in [0.2, 0.25) is 0 Å². The Kier molecular flexibility index (Phi) is 6.44. The number of hydrogen-bond donors (Lipinski definition) is 1. The Labute approximate surface area is 218 Å². The van der Waals surface area contributed by atoms with Crippen molar-refractivity contribution in [3.05, 3.63) is 106 Å². The van der Waals surface area contributed by atoms with Crippen LogP contribution in [-0.2, 0) is 0 Å². The van der Waals surface area contributed by atoms with Crippen molar-refractivity contribution in [2.75, 3.05) is 7.11 Å². The van der Waals surface area contributed by atoms with E-state index in [1.54, 1.807) is 25.3 Å². The van der Waals surface area contributed by atoms with Gasteiger partial charge in [0.1, 0.15) is 11.4 Å². The fourth-order valence-electron chi connectivity index (χ4n) is 4.28. The van der Waals surface area contributed by atoms with Crippen molar-refractivity contribution in [2.45, 2.75) is 13.0 Å². The second-order valence-corrected chi connectivity index (χ2v) is 9.43. The molecular weight excluding hydrogens is 495 g/mol. The molecule has 0 fully saturated rings. The van der Waals surface area contributed by atoms with Crippen molar-refractivity contribution < 1.29 is 14.6 Å². The van der Waals surface area contributed by atoms with Crippen molar-refractivity contribution in [3.63, 3.8) is 0 Å². The highest BCUT2D eigenvalue weighted by molar-refractivity contribution is 6.35. The molecule has 180 valence electrons. The van der Waals surface area contributed by atoms with Crippen LogP contribution in [0.15, 0.2) is 85.1 Å². The molecule has 4 aromatic carbocycles. The van der Waals surface area contributed by atoms with Crippen molar-refractivity contribution in [3.8, 4) is 28.1 Å². The average Bonchev–Trinajstić information content (AvgIpc) is 3.33. The first-order chi connectivity index (χ1) is 17.3. The highest BCUT2D eigenvalue weighted by Gasteiger charge is 2.19. The third-order valence-corrected chi connectivity index (χ3v) is 6.70. The van der Waals surface area contributed by atoms with Gasteiger partial charge in [0.25, 0.3) is 0 Å². The van der Waals surface area contributed by atoms with Crippen molar-refractivity contribution in [2.24, 2.45) is 0 Å². The number of methoxy groups -OCH3 is 1. The van der Waals surface area contributed by atoms with Crippen molar-refractivity contribution >= 4 is 39.9 Å². The molecule has 5 rings (SSSR count). The number of carbonyl (C=O) groups is 1. The Morgan fingerprint density at radius 2 is 1.56 bits per heavy atom. The largest absolute Gasteiger partial charge is 0.497 e. The van der Waals surface area contributed by atoms with Crippen LogP contribution in [0, 0.1) is 0 Å². The van der Waals surface area contributed by atoms with E-state index in [1.807, 2.05) is 60.3 Å². The van der Waals surface area contributed by atoms with E-state index < -0.39 is 5.97 Å². The number of carboxylic acids is 1. The number of fused-ring (bicyclic) bond motifs is 1. The van der Waals surface area contributed by atoms with E-state index in [4.69, 9.17) is 33.0 Å². The molecule has 0 amide bonds. The van der Waals surface area contributed by atoms with Crippen molar-refractivity contribution in [1.29, 1.82) is 0 Å². The predicted octanol–water partition coefficient (Wildman–Crippen LogP) is 7.99. The summed E-state index contributed by atoms with van der Waals surface area (Å²) in [7, 11) is 1.66. The molecule has 1 N–H and O–H groups in total. The van der Waals surface area contributed by atoms with Gasteiger partial charge < -0.3 is 9.84 Å². The van der Waals surface area contributed by atoms with Crippen LogP contribution in [0.3, 0.4) is 0 Å². The zero-order valence-electron chi connectivity index (χ0n) is 19.6. The molecule has 0 aliphatic carbocycles. The fourth-order valence-corrected chi connectivity index (χ4v) is 4.81. The number of rotatable bonds is 6. The van der Waals surface area contributed by atoms with Crippen LogP contribution < -0.4 is 4.74 Å². The van der Waals surface area contributed by atoms with Gasteiger partial charge in [-0.2, -0.15) is 5.10 Å². The zero-order valence-corrected chi connectivity index (χ0v) is 21.1. The number of hydrogen-bond acceptors (Lipinski definition) is 3. The maximum atomic E-state index is 11.3. The van der Waals surface area contributed by atoms with Gasteiger partial charge in [0, 0.05) is 27.4 Å². The fraction of sp³-hybridized carbons (Fsp3) is 0.103. The minimum atomic E-state index is -0.954. The lowest BCUT2D eigenvalue weighted by atomic mass is 9.99. The SMILES string of the molecule is COc1ccc2cc(-c3cn([C@@H](C)c4ccc(C(=O)O)cc4)nc3-c3cc(Cl)cc(Cl)c3)ccc2c1. The molecule has 1 heterocycles. The molecule has 0 bridgehead atoms. The number of nitrogens with zero attached hydrogens (tertiary/aromatic N) is 2. The molecule has 0 aliphatic heterocycles. The van der Waals surface area contributed by atoms with Gasteiger partial charge in [-0.15, -0.1) is 0 Å². The van der Waals surface area contributed by atoms with Crippen LogP contribution in [0.4, 0.5) is 0 Å². The van der Waals surface area contributed by atoms with E-state index in [0.717, 1.165) is 44.5 Å². The Balaban J connectivity index is 1.64. The Hall–Kier alpha value is -3.80. The summed E-state index contributed by atoms with van der Waals surface area (Å²) < 4.78 is 7.24. The number of ether oxygens (including phenoxy) is 1. The highest BCUT2D eigenvalue weighted by Crippen LogP contribution is 2.37. The minimum Gasteiger partial charge on any atom is -0.497 e. The van der Waals surface area contributed by atoms with Crippen molar-refractivity contribution in [1.82, 2.24) is 9.78 Å². The van der Waals surface area contributed by atoms with E-state index in [1.165, 1.54) is 0 Å². The standard InChI is InChI=1S/C29H22Cl2N2O3/c1-17(18-3-5-19(6-4-18)29(34)35)33-16-27(28(32-33)23-12-24(30)15-25(31)13-23)22-8-7-21-14-26(36-2)10-9-20(21)11-22/h3-17H,1-2H3,(H,34,35)/t17-/m0/s1. The topological polar surface area (TPSA) is 64.3 Å². The molecule has 7 heteroatoms. The molecule has 0 radical (unpaired) electrons. The van der Waals surface area contributed by atoms with E-state index in [2.05, 4.69) is 18.2 Å². The third-order valence-electron chi connectivity index (χ3n) is 6.26. The molecule has 0 unspecified atom stereocenters. The van der Waals surface area contributed by atoms with E-state index in [-0.39, 0.29) is 11.6 Å². The minimum absolute atomic E-state index is 0.139. The maximum Gasteiger partial charge on any atom is 0.335 e. The summed E-state index contributed by atoms with van der Waals surface area (Å²) in [6.45, 7) is 2.02. The Morgan fingerprint density at radius 1 is 0.889 bits per heavy atom. The summed E-state index contributed by atoms with van der Waals surface area (Å²) >= 11 is 12.7. The van der Waals surface area contributed by atoms with Crippen LogP contribution in [0.5, 0.6) is 5.75 Å². The van der Waals surface area contributed by atoms with Gasteiger partial charge in [0.05, 0.1) is 18.7 Å². The summed E-state index contributed by atoms with van der Waals surface area (Å²) in [4.78, 5) is 11.3. The second kappa shape index (κ2) is 9.69. The van der Waals surface area contributed by atoms with Gasteiger partial charge in [0.15, 0.2) is 0 Å². The molecule has 1 aromatic heterocycles. The number of halogens is 2. The Bertz CT molecular complexity index is 1570. The number of aromatic nitrogens is 2. The number of carboxylic acid groups (broad SMARTS) is 1. The molecule has 0 saturated heterocycles. The highest BCUT2D eigenvalue weighted by atomic mass is 35.5.